The van der Waals surface area contributed by atoms with E-state index < -0.39 is 17.7 Å². The zero-order valence-corrected chi connectivity index (χ0v) is 10.3. The van der Waals surface area contributed by atoms with E-state index in [0.29, 0.717) is 11.5 Å². The third-order valence-electron chi connectivity index (χ3n) is 2.59. The summed E-state index contributed by atoms with van der Waals surface area (Å²) in [6.45, 7) is 0. The molecule has 0 fully saturated rings. The van der Waals surface area contributed by atoms with E-state index >= 15 is 0 Å². The summed E-state index contributed by atoms with van der Waals surface area (Å²) in [5.74, 6) is -1.88. The fourth-order valence-electron chi connectivity index (χ4n) is 1.67. The number of nitrogens with zero attached hydrogens (tertiary/aromatic N) is 4. The Morgan fingerprint density at radius 1 is 1.29 bits per heavy atom. The molecule has 2 N–H and O–H groups in total. The van der Waals surface area contributed by atoms with E-state index in [1.165, 1.54) is 12.4 Å². The van der Waals surface area contributed by atoms with E-state index in [-0.39, 0.29) is 17.4 Å². The van der Waals surface area contributed by atoms with Crippen molar-refractivity contribution in [2.75, 3.05) is 0 Å². The lowest BCUT2D eigenvalue weighted by Crippen LogP contribution is -2.20. The molecule has 1 aromatic carbocycles. The molecule has 0 spiro atoms. The summed E-state index contributed by atoms with van der Waals surface area (Å²) < 4.78 is 32.3. The van der Waals surface area contributed by atoms with E-state index in [4.69, 9.17) is 10.5 Å². The second-order valence-electron chi connectivity index (χ2n) is 4.00. The van der Waals surface area contributed by atoms with Gasteiger partial charge in [0.05, 0.1) is 11.6 Å². The number of rotatable bonds is 2. The van der Waals surface area contributed by atoms with Gasteiger partial charge in [-0.25, -0.2) is 18.6 Å². The summed E-state index contributed by atoms with van der Waals surface area (Å²) in [6.07, 6.45) is 2.69. The van der Waals surface area contributed by atoms with Crippen LogP contribution in [0.4, 0.5) is 13.6 Å². The number of nitrogens with two attached hydrogens (primary N) is 1. The van der Waals surface area contributed by atoms with Crippen molar-refractivity contribution in [3.05, 3.63) is 42.2 Å². The molecular weight excluding hydrogens is 284 g/mol. The van der Waals surface area contributed by atoms with Gasteiger partial charge in [0.2, 0.25) is 0 Å². The van der Waals surface area contributed by atoms with Crippen LogP contribution in [0.5, 0.6) is 11.8 Å². The number of fused-ring (bicyclic) bond motifs is 1. The van der Waals surface area contributed by atoms with Crippen molar-refractivity contribution in [1.82, 2.24) is 19.7 Å². The summed E-state index contributed by atoms with van der Waals surface area (Å²) in [5, 5.41) is 4.19. The van der Waals surface area contributed by atoms with Crippen LogP contribution in [-0.4, -0.2) is 25.8 Å². The Bertz CT molecular complexity index is 849. The van der Waals surface area contributed by atoms with E-state index in [0.717, 1.165) is 16.8 Å². The molecule has 0 aliphatic rings. The van der Waals surface area contributed by atoms with Crippen molar-refractivity contribution in [1.29, 1.82) is 0 Å². The summed E-state index contributed by atoms with van der Waals surface area (Å²) in [7, 11) is 0. The quantitative estimate of drug-likeness (QED) is 0.777. The van der Waals surface area contributed by atoms with Crippen molar-refractivity contribution in [3.63, 3.8) is 0 Å². The van der Waals surface area contributed by atoms with Crippen LogP contribution >= 0.6 is 0 Å². The maximum atomic E-state index is 13.5. The molecule has 1 amide bonds. The Morgan fingerprint density at radius 2 is 2.10 bits per heavy atom. The molecule has 0 saturated carbocycles. The van der Waals surface area contributed by atoms with Crippen molar-refractivity contribution in [3.8, 4) is 11.8 Å². The molecule has 0 atom stereocenters. The van der Waals surface area contributed by atoms with Gasteiger partial charge < -0.3 is 10.5 Å². The molecule has 0 aliphatic heterocycles. The maximum Gasteiger partial charge on any atom is 0.341 e. The molecule has 3 aromatic rings. The average Bonchev–Trinajstić information content (AvgIpc) is 2.85. The third-order valence-corrected chi connectivity index (χ3v) is 2.59. The molecule has 106 valence electrons. The van der Waals surface area contributed by atoms with Crippen molar-refractivity contribution in [2.24, 2.45) is 5.73 Å². The maximum absolute atomic E-state index is 13.5. The lowest BCUT2D eigenvalue weighted by Gasteiger charge is -2.05. The highest BCUT2D eigenvalue weighted by Crippen LogP contribution is 2.23. The van der Waals surface area contributed by atoms with Gasteiger partial charge in [0.15, 0.2) is 17.2 Å². The van der Waals surface area contributed by atoms with Gasteiger partial charge in [0.25, 0.3) is 0 Å². The highest BCUT2D eigenvalue weighted by atomic mass is 19.1. The summed E-state index contributed by atoms with van der Waals surface area (Å²) in [6, 6.07) is 1.74. The molecule has 3 rings (SSSR count). The first kappa shape index (κ1) is 12.9. The predicted octanol–water partition coefficient (Wildman–Crippen LogP) is 1.82. The summed E-state index contributed by atoms with van der Waals surface area (Å²) in [4.78, 5) is 18.9. The average molecular weight is 291 g/mol. The molecule has 0 radical (unpaired) electrons. The number of benzene rings is 1. The minimum Gasteiger partial charge on any atom is -0.421 e. The fraction of sp³-hybridized carbons (Fsp3) is 0. The van der Waals surface area contributed by atoms with Crippen LogP contribution in [-0.2, 0) is 0 Å². The number of aromatic nitrogens is 4. The van der Waals surface area contributed by atoms with Crippen LogP contribution in [0.2, 0.25) is 0 Å². The Morgan fingerprint density at radius 3 is 2.81 bits per heavy atom. The van der Waals surface area contributed by atoms with Crippen LogP contribution < -0.4 is 10.5 Å². The van der Waals surface area contributed by atoms with Gasteiger partial charge in [-0.15, -0.1) is 0 Å². The van der Waals surface area contributed by atoms with E-state index in [2.05, 4.69) is 15.1 Å². The number of hydrogen-bond donors (Lipinski definition) is 1. The smallest absolute Gasteiger partial charge is 0.341 e. The number of carbonyl (C=O) groups is 1. The highest BCUT2D eigenvalue weighted by molar-refractivity contribution is 5.86. The van der Waals surface area contributed by atoms with Crippen LogP contribution in [0.25, 0.3) is 11.0 Å². The fourth-order valence-corrected chi connectivity index (χ4v) is 1.67. The molecule has 9 heteroatoms. The van der Waals surface area contributed by atoms with Gasteiger partial charge in [-0.3, -0.25) is 0 Å². The number of halogens is 2. The zero-order valence-electron chi connectivity index (χ0n) is 10.3. The number of ether oxygens (including phenoxy) is 1. The first-order valence-corrected chi connectivity index (χ1v) is 5.68. The number of carbonyl (C=O) groups excluding carboxylic acids is 1. The molecule has 2 heterocycles. The minimum atomic E-state index is -0.901. The number of primary amides is 1. The number of amides is 1. The van der Waals surface area contributed by atoms with Gasteiger partial charge in [0, 0.05) is 12.3 Å². The van der Waals surface area contributed by atoms with Crippen LogP contribution in [0.15, 0.2) is 30.6 Å². The normalized spacial score (nSPS) is 10.8. The third kappa shape index (κ3) is 2.36. The molecule has 0 unspecified atom stereocenters. The van der Waals surface area contributed by atoms with Gasteiger partial charge in [0.1, 0.15) is 5.82 Å². The van der Waals surface area contributed by atoms with Gasteiger partial charge >= 0.3 is 12.0 Å². The second kappa shape index (κ2) is 4.78. The molecule has 0 aliphatic carbocycles. The molecule has 2 aromatic heterocycles. The Hall–Kier alpha value is -3.10. The SMILES string of the molecule is NC(=O)n1ncc2cnc(Oc3ccc(F)cc3F)nc21. The predicted molar refractivity (Wildman–Crippen MR) is 66.7 cm³/mol. The van der Waals surface area contributed by atoms with E-state index in [1.54, 1.807) is 0 Å². The number of hydrogen-bond acceptors (Lipinski definition) is 5. The lowest BCUT2D eigenvalue weighted by molar-refractivity contribution is 0.248. The molecule has 0 saturated heterocycles. The van der Waals surface area contributed by atoms with E-state index in [9.17, 15) is 13.6 Å². The molecule has 0 bridgehead atoms. The Kier molecular flexibility index (Phi) is 2.94. The van der Waals surface area contributed by atoms with Crippen LogP contribution in [0.3, 0.4) is 0 Å². The lowest BCUT2D eigenvalue weighted by atomic mass is 10.3. The topological polar surface area (TPSA) is 95.9 Å². The second-order valence-corrected chi connectivity index (χ2v) is 4.00. The van der Waals surface area contributed by atoms with Gasteiger partial charge in [-0.05, 0) is 12.1 Å². The molecule has 7 nitrogen and oxygen atoms in total. The van der Waals surface area contributed by atoms with E-state index in [1.807, 2.05) is 0 Å². The zero-order chi connectivity index (χ0) is 15.0. The molecular formula is C12H7F2N5O2. The van der Waals surface area contributed by atoms with Crippen molar-refractivity contribution >= 4 is 17.1 Å². The minimum absolute atomic E-state index is 0.120. The van der Waals surface area contributed by atoms with Crippen molar-refractivity contribution in [2.45, 2.75) is 0 Å². The Balaban J connectivity index is 2.00. The standard InChI is InChI=1S/C12H7F2N5O2/c13-7-1-2-9(8(14)3-7)21-12-16-4-6-5-17-19(11(15)20)10(6)18-12/h1-5H,(H2,15,20). The summed E-state index contributed by atoms with van der Waals surface area (Å²) >= 11 is 0. The van der Waals surface area contributed by atoms with Gasteiger partial charge in [-0.2, -0.15) is 14.8 Å². The van der Waals surface area contributed by atoms with Gasteiger partial charge in [-0.1, -0.05) is 0 Å². The van der Waals surface area contributed by atoms with Crippen LogP contribution in [0, 0.1) is 11.6 Å². The first-order valence-electron chi connectivity index (χ1n) is 5.68. The first-order chi connectivity index (χ1) is 10.0. The monoisotopic (exact) mass is 291 g/mol. The Labute approximate surface area is 116 Å². The van der Waals surface area contributed by atoms with Crippen molar-refractivity contribution < 1.29 is 18.3 Å². The highest BCUT2D eigenvalue weighted by Gasteiger charge is 2.13. The summed E-state index contributed by atoms with van der Waals surface area (Å²) in [5.41, 5.74) is 5.25. The molecule has 21 heavy (non-hydrogen) atoms. The largest absolute Gasteiger partial charge is 0.421 e. The van der Waals surface area contributed by atoms with Crippen LogP contribution in [0.1, 0.15) is 0 Å².